The molecule has 4 heteroatoms. The second-order valence-corrected chi connectivity index (χ2v) is 3.93. The number of benzene rings is 1. The van der Waals surface area contributed by atoms with Crippen LogP contribution < -0.4 is 10.5 Å². The smallest absolute Gasteiger partial charge is 0.160 e. The highest BCUT2D eigenvalue weighted by molar-refractivity contribution is 6.31. The molecule has 1 rings (SSSR count). The number of phenolic OH excluding ortho intramolecular Hbond substituents is 1. The lowest BCUT2D eigenvalue weighted by Gasteiger charge is -2.14. The van der Waals surface area contributed by atoms with Gasteiger partial charge in [0.1, 0.15) is 0 Å². The van der Waals surface area contributed by atoms with Crippen LogP contribution in [0.3, 0.4) is 0 Å². The van der Waals surface area contributed by atoms with Gasteiger partial charge in [-0.1, -0.05) is 18.5 Å². The molecule has 1 unspecified atom stereocenters. The standard InChI is InChI=1S/C11H16ClNO2/c1-7(3-4-13)8-5-11(15-2)10(14)6-9(8)12/h5-7,14H,3-4,13H2,1-2H3. The molecular formula is C11H16ClNO2. The lowest BCUT2D eigenvalue weighted by atomic mass is 9.97. The lowest BCUT2D eigenvalue weighted by Crippen LogP contribution is -2.05. The molecule has 0 saturated carbocycles. The third-order valence-electron chi connectivity index (χ3n) is 2.43. The molecule has 0 heterocycles. The van der Waals surface area contributed by atoms with Crippen LogP contribution >= 0.6 is 11.6 Å². The topological polar surface area (TPSA) is 55.5 Å². The Morgan fingerprint density at radius 2 is 2.20 bits per heavy atom. The van der Waals surface area contributed by atoms with E-state index in [4.69, 9.17) is 22.1 Å². The molecule has 0 bridgehead atoms. The van der Waals surface area contributed by atoms with E-state index < -0.39 is 0 Å². The molecule has 0 aliphatic rings. The van der Waals surface area contributed by atoms with Gasteiger partial charge in [-0.05, 0) is 30.5 Å². The lowest BCUT2D eigenvalue weighted by molar-refractivity contribution is 0.372. The summed E-state index contributed by atoms with van der Waals surface area (Å²) in [6, 6.07) is 3.26. The van der Waals surface area contributed by atoms with Gasteiger partial charge in [-0.3, -0.25) is 0 Å². The van der Waals surface area contributed by atoms with Gasteiger partial charge in [-0.2, -0.15) is 0 Å². The van der Waals surface area contributed by atoms with E-state index >= 15 is 0 Å². The zero-order valence-corrected chi connectivity index (χ0v) is 9.71. The molecule has 84 valence electrons. The number of hydrogen-bond donors (Lipinski definition) is 2. The average Bonchev–Trinajstić information content (AvgIpc) is 2.18. The van der Waals surface area contributed by atoms with Crippen LogP contribution in [0, 0.1) is 0 Å². The van der Waals surface area contributed by atoms with Crippen LogP contribution in [0.5, 0.6) is 11.5 Å². The van der Waals surface area contributed by atoms with Crippen LogP contribution in [-0.4, -0.2) is 18.8 Å². The van der Waals surface area contributed by atoms with Crippen LogP contribution in [0.1, 0.15) is 24.8 Å². The summed E-state index contributed by atoms with van der Waals surface area (Å²) in [6.07, 6.45) is 0.855. The maximum Gasteiger partial charge on any atom is 0.160 e. The first-order chi connectivity index (χ1) is 7.10. The highest BCUT2D eigenvalue weighted by Gasteiger charge is 2.13. The largest absolute Gasteiger partial charge is 0.504 e. The van der Waals surface area contributed by atoms with Crippen molar-refractivity contribution in [2.45, 2.75) is 19.3 Å². The second kappa shape index (κ2) is 5.24. The van der Waals surface area contributed by atoms with Crippen molar-refractivity contribution in [1.29, 1.82) is 0 Å². The summed E-state index contributed by atoms with van der Waals surface area (Å²) in [5.74, 6) is 0.765. The van der Waals surface area contributed by atoms with E-state index in [0.717, 1.165) is 12.0 Å². The van der Waals surface area contributed by atoms with Gasteiger partial charge in [0.05, 0.1) is 7.11 Å². The Bertz CT molecular complexity index is 342. The van der Waals surface area contributed by atoms with Crippen LogP contribution in [-0.2, 0) is 0 Å². The first kappa shape index (κ1) is 12.1. The van der Waals surface area contributed by atoms with E-state index in [2.05, 4.69) is 0 Å². The minimum Gasteiger partial charge on any atom is -0.504 e. The van der Waals surface area contributed by atoms with Crippen molar-refractivity contribution >= 4 is 11.6 Å². The molecule has 1 aromatic rings. The maximum absolute atomic E-state index is 9.49. The fourth-order valence-electron chi connectivity index (χ4n) is 1.51. The summed E-state index contributed by atoms with van der Waals surface area (Å²) in [5, 5.41) is 10.0. The molecule has 1 aromatic carbocycles. The molecule has 3 nitrogen and oxygen atoms in total. The Morgan fingerprint density at radius 1 is 1.53 bits per heavy atom. The maximum atomic E-state index is 9.49. The van der Waals surface area contributed by atoms with Crippen LogP contribution in [0.2, 0.25) is 5.02 Å². The first-order valence-corrected chi connectivity index (χ1v) is 5.24. The molecule has 0 saturated heterocycles. The molecule has 0 aliphatic heterocycles. The number of rotatable bonds is 4. The van der Waals surface area contributed by atoms with Gasteiger partial charge in [-0.25, -0.2) is 0 Å². The third kappa shape index (κ3) is 2.76. The summed E-state index contributed by atoms with van der Waals surface area (Å²) in [7, 11) is 1.51. The Morgan fingerprint density at radius 3 is 2.73 bits per heavy atom. The summed E-state index contributed by atoms with van der Waals surface area (Å²) >= 11 is 6.03. The molecule has 0 fully saturated rings. The van der Waals surface area contributed by atoms with E-state index in [1.807, 2.05) is 6.92 Å². The number of phenols is 1. The van der Waals surface area contributed by atoms with E-state index in [-0.39, 0.29) is 11.7 Å². The molecule has 0 aliphatic carbocycles. The highest BCUT2D eigenvalue weighted by atomic mass is 35.5. The number of ether oxygens (including phenoxy) is 1. The predicted molar refractivity (Wildman–Crippen MR) is 61.8 cm³/mol. The van der Waals surface area contributed by atoms with Crippen molar-refractivity contribution in [1.82, 2.24) is 0 Å². The number of nitrogens with two attached hydrogens (primary N) is 1. The monoisotopic (exact) mass is 229 g/mol. The molecule has 0 radical (unpaired) electrons. The van der Waals surface area contributed by atoms with Gasteiger partial charge in [0.15, 0.2) is 11.5 Å². The van der Waals surface area contributed by atoms with Crippen LogP contribution in [0.4, 0.5) is 0 Å². The first-order valence-electron chi connectivity index (χ1n) is 4.86. The highest BCUT2D eigenvalue weighted by Crippen LogP contribution is 2.36. The summed E-state index contributed by atoms with van der Waals surface area (Å²) in [4.78, 5) is 0. The summed E-state index contributed by atoms with van der Waals surface area (Å²) in [6.45, 7) is 2.66. The van der Waals surface area contributed by atoms with Crippen molar-refractivity contribution in [2.75, 3.05) is 13.7 Å². The number of hydrogen-bond acceptors (Lipinski definition) is 3. The van der Waals surface area contributed by atoms with Gasteiger partial charge in [0.2, 0.25) is 0 Å². The fourth-order valence-corrected chi connectivity index (χ4v) is 1.85. The average molecular weight is 230 g/mol. The number of halogens is 1. The SMILES string of the molecule is COc1cc(C(C)CCN)c(Cl)cc1O. The minimum atomic E-state index is 0.0613. The van der Waals surface area contributed by atoms with Gasteiger partial charge in [0.25, 0.3) is 0 Å². The van der Waals surface area contributed by atoms with Crippen LogP contribution in [0.15, 0.2) is 12.1 Å². The van der Waals surface area contributed by atoms with Crippen molar-refractivity contribution in [3.05, 3.63) is 22.7 Å². The zero-order chi connectivity index (χ0) is 11.4. The van der Waals surface area contributed by atoms with E-state index in [9.17, 15) is 5.11 Å². The van der Waals surface area contributed by atoms with E-state index in [0.29, 0.717) is 17.3 Å². The Kier molecular flexibility index (Phi) is 4.24. The van der Waals surface area contributed by atoms with Crippen molar-refractivity contribution in [3.8, 4) is 11.5 Å². The summed E-state index contributed by atoms with van der Waals surface area (Å²) in [5.41, 5.74) is 6.45. The minimum absolute atomic E-state index is 0.0613. The molecule has 1 atom stereocenters. The quantitative estimate of drug-likeness (QED) is 0.834. The van der Waals surface area contributed by atoms with Gasteiger partial charge in [0, 0.05) is 11.1 Å². The fraction of sp³-hybridized carbons (Fsp3) is 0.455. The summed E-state index contributed by atoms with van der Waals surface area (Å²) < 4.78 is 5.03. The van der Waals surface area contributed by atoms with Crippen LogP contribution in [0.25, 0.3) is 0 Å². The molecule has 15 heavy (non-hydrogen) atoms. The number of methoxy groups -OCH3 is 1. The molecule has 0 aromatic heterocycles. The van der Waals surface area contributed by atoms with Crippen molar-refractivity contribution in [2.24, 2.45) is 5.73 Å². The van der Waals surface area contributed by atoms with Gasteiger partial charge in [-0.15, -0.1) is 0 Å². The normalized spacial score (nSPS) is 12.5. The van der Waals surface area contributed by atoms with Crippen molar-refractivity contribution < 1.29 is 9.84 Å². The molecule has 0 spiro atoms. The Labute approximate surface area is 94.8 Å². The zero-order valence-electron chi connectivity index (χ0n) is 8.96. The molecule has 3 N–H and O–H groups in total. The number of aromatic hydroxyl groups is 1. The molecule has 0 amide bonds. The third-order valence-corrected chi connectivity index (χ3v) is 2.76. The Hall–Kier alpha value is -0.930. The van der Waals surface area contributed by atoms with Gasteiger partial charge >= 0.3 is 0 Å². The van der Waals surface area contributed by atoms with E-state index in [1.54, 1.807) is 6.07 Å². The predicted octanol–water partition coefficient (Wildman–Crippen LogP) is 2.51. The molecular weight excluding hydrogens is 214 g/mol. The van der Waals surface area contributed by atoms with E-state index in [1.165, 1.54) is 13.2 Å². The van der Waals surface area contributed by atoms with Crippen molar-refractivity contribution in [3.63, 3.8) is 0 Å². The van der Waals surface area contributed by atoms with Gasteiger partial charge < -0.3 is 15.6 Å². The second-order valence-electron chi connectivity index (χ2n) is 3.52. The Balaban J connectivity index is 3.06.